The topological polar surface area (TPSA) is 25.8 Å². The molecule has 3 rings (SSSR count). The largest absolute Gasteiger partial charge is 0.232 e. The van der Waals surface area contributed by atoms with Gasteiger partial charge in [-0.2, -0.15) is 0 Å². The number of hydrogen-bond donors (Lipinski definition) is 0. The first-order valence-corrected chi connectivity index (χ1v) is 9.37. The number of nitrogens with zero attached hydrogens (tertiary/aromatic N) is 2. The Kier molecular flexibility index (Phi) is 5.08. The van der Waals surface area contributed by atoms with Crippen molar-refractivity contribution in [2.75, 3.05) is 0 Å². The molecule has 1 aliphatic carbocycles. The molecule has 1 aromatic heterocycles. The predicted molar refractivity (Wildman–Crippen MR) is 99.1 cm³/mol. The Labute approximate surface area is 155 Å². The van der Waals surface area contributed by atoms with Crippen molar-refractivity contribution < 1.29 is 0 Å². The van der Waals surface area contributed by atoms with Crippen LogP contribution in [-0.4, -0.2) is 9.97 Å². The normalized spacial score (nSPS) is 15.6. The Morgan fingerprint density at radius 3 is 2.52 bits per heavy atom. The molecule has 0 amide bonds. The van der Waals surface area contributed by atoms with Gasteiger partial charge in [-0.05, 0) is 69.6 Å². The number of hydrogen-bond acceptors (Lipinski definition) is 2. The molecule has 1 fully saturated rings. The second-order valence-corrected chi connectivity index (χ2v) is 7.85. The SMILES string of the molecule is Clc1cc(-c2nc(Cl)c(I)c(C3CCCC3)n2)ccc1Br. The highest BCUT2D eigenvalue weighted by atomic mass is 127. The van der Waals surface area contributed by atoms with Gasteiger partial charge < -0.3 is 0 Å². The predicted octanol–water partition coefficient (Wildman–Crippen LogP) is 6.48. The van der Waals surface area contributed by atoms with Crippen molar-refractivity contribution in [2.45, 2.75) is 31.6 Å². The van der Waals surface area contributed by atoms with Crippen molar-refractivity contribution in [3.05, 3.63) is 42.1 Å². The van der Waals surface area contributed by atoms with Gasteiger partial charge >= 0.3 is 0 Å². The fraction of sp³-hybridized carbons (Fsp3) is 0.333. The van der Waals surface area contributed by atoms with Crippen LogP contribution >= 0.6 is 61.7 Å². The minimum atomic E-state index is 0.502. The van der Waals surface area contributed by atoms with E-state index < -0.39 is 0 Å². The summed E-state index contributed by atoms with van der Waals surface area (Å²) in [5, 5.41) is 1.18. The van der Waals surface area contributed by atoms with E-state index in [-0.39, 0.29) is 0 Å². The number of benzene rings is 1. The van der Waals surface area contributed by atoms with Gasteiger partial charge in [0.1, 0.15) is 5.15 Å². The van der Waals surface area contributed by atoms with Gasteiger partial charge in [-0.3, -0.25) is 0 Å². The lowest BCUT2D eigenvalue weighted by atomic mass is 10.0. The molecule has 21 heavy (non-hydrogen) atoms. The summed E-state index contributed by atoms with van der Waals surface area (Å²) in [4.78, 5) is 9.20. The standard InChI is InChI=1S/C15H12BrCl2IN2/c16-10-6-5-9(7-11(10)17)15-20-13(8-3-1-2-4-8)12(19)14(18)21-15/h5-8H,1-4H2. The van der Waals surface area contributed by atoms with Gasteiger partial charge in [0.2, 0.25) is 0 Å². The minimum absolute atomic E-state index is 0.502. The van der Waals surface area contributed by atoms with E-state index in [1.165, 1.54) is 25.7 Å². The van der Waals surface area contributed by atoms with Gasteiger partial charge in [0.05, 0.1) is 14.3 Å². The molecule has 110 valence electrons. The lowest BCUT2D eigenvalue weighted by Gasteiger charge is -2.13. The van der Waals surface area contributed by atoms with Crippen LogP contribution in [-0.2, 0) is 0 Å². The van der Waals surface area contributed by atoms with Crippen molar-refractivity contribution in [1.82, 2.24) is 9.97 Å². The number of rotatable bonds is 2. The molecule has 6 heteroatoms. The molecule has 0 saturated heterocycles. The van der Waals surface area contributed by atoms with E-state index in [0.717, 1.165) is 19.3 Å². The van der Waals surface area contributed by atoms with Gasteiger partial charge in [0.25, 0.3) is 0 Å². The van der Waals surface area contributed by atoms with E-state index in [4.69, 9.17) is 28.2 Å². The number of halogens is 4. The second kappa shape index (κ2) is 6.69. The summed E-state index contributed by atoms with van der Waals surface area (Å²) in [7, 11) is 0. The maximum Gasteiger partial charge on any atom is 0.161 e. The van der Waals surface area contributed by atoms with Crippen LogP contribution in [0.1, 0.15) is 37.3 Å². The molecule has 1 saturated carbocycles. The average Bonchev–Trinajstić information content (AvgIpc) is 2.98. The molecule has 2 nitrogen and oxygen atoms in total. The Morgan fingerprint density at radius 2 is 1.86 bits per heavy atom. The first kappa shape index (κ1) is 16.0. The Bertz CT molecular complexity index is 688. The quantitative estimate of drug-likeness (QED) is 0.351. The zero-order valence-corrected chi connectivity index (χ0v) is 16.3. The Morgan fingerprint density at radius 1 is 1.14 bits per heavy atom. The van der Waals surface area contributed by atoms with E-state index in [2.05, 4.69) is 43.5 Å². The molecular formula is C15H12BrCl2IN2. The average molecular weight is 498 g/mol. The number of aromatic nitrogens is 2. The summed E-state index contributed by atoms with van der Waals surface area (Å²) in [5.41, 5.74) is 1.97. The van der Waals surface area contributed by atoms with Gasteiger partial charge in [-0.1, -0.05) is 36.0 Å². The summed E-state index contributed by atoms with van der Waals surface area (Å²) in [5.74, 6) is 1.15. The monoisotopic (exact) mass is 496 g/mol. The first-order chi connectivity index (χ1) is 10.1. The van der Waals surface area contributed by atoms with Crippen molar-refractivity contribution >= 4 is 61.7 Å². The first-order valence-electron chi connectivity index (χ1n) is 6.74. The van der Waals surface area contributed by atoms with Gasteiger partial charge in [0, 0.05) is 16.0 Å². The van der Waals surface area contributed by atoms with Gasteiger partial charge in [-0.25, -0.2) is 9.97 Å². The molecule has 0 N–H and O–H groups in total. The smallest absolute Gasteiger partial charge is 0.161 e. The zero-order valence-electron chi connectivity index (χ0n) is 11.0. The van der Waals surface area contributed by atoms with Crippen LogP contribution in [0.4, 0.5) is 0 Å². The fourth-order valence-electron chi connectivity index (χ4n) is 2.67. The van der Waals surface area contributed by atoms with Crippen LogP contribution in [0, 0.1) is 3.57 Å². The fourth-order valence-corrected chi connectivity index (χ4v) is 3.96. The van der Waals surface area contributed by atoms with Gasteiger partial charge in [-0.15, -0.1) is 0 Å². The second-order valence-electron chi connectivity index (χ2n) is 5.15. The molecule has 0 aliphatic heterocycles. The highest BCUT2D eigenvalue weighted by Gasteiger charge is 2.23. The third-order valence-corrected chi connectivity index (χ3v) is 6.64. The molecule has 1 aliphatic rings. The maximum atomic E-state index is 6.32. The summed E-state index contributed by atoms with van der Waals surface area (Å²) < 4.78 is 1.84. The highest BCUT2D eigenvalue weighted by Crippen LogP contribution is 2.38. The Balaban J connectivity index is 2.08. The van der Waals surface area contributed by atoms with Crippen LogP contribution in [0.25, 0.3) is 11.4 Å². The van der Waals surface area contributed by atoms with E-state index in [0.29, 0.717) is 21.9 Å². The van der Waals surface area contributed by atoms with Crippen LogP contribution in [0.15, 0.2) is 22.7 Å². The third kappa shape index (κ3) is 3.38. The molecule has 2 aromatic rings. The van der Waals surface area contributed by atoms with Crippen LogP contribution in [0.3, 0.4) is 0 Å². The maximum absolute atomic E-state index is 6.32. The van der Waals surface area contributed by atoms with Gasteiger partial charge in [0.15, 0.2) is 5.82 Å². The van der Waals surface area contributed by atoms with Crippen LogP contribution in [0.5, 0.6) is 0 Å². The highest BCUT2D eigenvalue weighted by molar-refractivity contribution is 14.1. The lowest BCUT2D eigenvalue weighted by molar-refractivity contribution is 0.690. The minimum Gasteiger partial charge on any atom is -0.232 e. The third-order valence-electron chi connectivity index (χ3n) is 3.76. The lowest BCUT2D eigenvalue weighted by Crippen LogP contribution is -2.04. The van der Waals surface area contributed by atoms with E-state index in [1.54, 1.807) is 0 Å². The van der Waals surface area contributed by atoms with Crippen LogP contribution in [0.2, 0.25) is 10.2 Å². The molecule has 0 unspecified atom stereocenters. The summed E-state index contributed by atoms with van der Waals surface area (Å²) >= 11 is 18.1. The molecule has 0 atom stereocenters. The summed E-state index contributed by atoms with van der Waals surface area (Å²) in [6, 6.07) is 5.72. The van der Waals surface area contributed by atoms with Crippen molar-refractivity contribution in [1.29, 1.82) is 0 Å². The van der Waals surface area contributed by atoms with E-state index in [1.807, 2.05) is 18.2 Å². The molecule has 0 radical (unpaired) electrons. The summed E-state index contributed by atoms with van der Waals surface area (Å²) in [6.07, 6.45) is 4.90. The van der Waals surface area contributed by atoms with E-state index >= 15 is 0 Å². The molecule has 1 heterocycles. The summed E-state index contributed by atoms with van der Waals surface area (Å²) in [6.45, 7) is 0. The Hall–Kier alpha value is 0.0900. The molecule has 0 bridgehead atoms. The van der Waals surface area contributed by atoms with Crippen molar-refractivity contribution in [3.63, 3.8) is 0 Å². The molecule has 1 aromatic carbocycles. The van der Waals surface area contributed by atoms with Crippen LogP contribution < -0.4 is 0 Å². The van der Waals surface area contributed by atoms with E-state index in [9.17, 15) is 0 Å². The van der Waals surface area contributed by atoms with Crippen molar-refractivity contribution in [3.8, 4) is 11.4 Å². The molecular weight excluding hydrogens is 486 g/mol. The zero-order chi connectivity index (χ0) is 15.0. The molecule has 0 spiro atoms. The van der Waals surface area contributed by atoms with Crippen molar-refractivity contribution in [2.24, 2.45) is 0 Å².